The average molecular weight is 207 g/mol. The third kappa shape index (κ3) is 2.52. The zero-order valence-corrected chi connectivity index (χ0v) is 9.79. The topological polar surface area (TPSA) is 29.9 Å². The highest BCUT2D eigenvalue weighted by Gasteiger charge is 2.15. The van der Waals surface area contributed by atoms with Gasteiger partial charge in [0.05, 0.1) is 5.69 Å². The van der Waals surface area contributed by atoms with Crippen molar-refractivity contribution in [2.45, 2.75) is 46.1 Å². The van der Waals surface area contributed by atoms with Crippen LogP contribution in [0.2, 0.25) is 0 Å². The van der Waals surface area contributed by atoms with Crippen LogP contribution in [0.5, 0.6) is 0 Å². The van der Waals surface area contributed by atoms with Crippen molar-refractivity contribution < 1.29 is 0 Å². The molecule has 84 valence electrons. The van der Waals surface area contributed by atoms with Crippen LogP contribution < -0.4 is 5.32 Å². The molecule has 0 bridgehead atoms. The molecule has 1 N–H and O–H groups in total. The minimum absolute atomic E-state index is 0.868. The third-order valence-electron chi connectivity index (χ3n) is 3.26. The number of aryl methyl sites for hydroxylation is 2. The SMILES string of the molecule is CCn1cc(C)nc1NCC1CCCC1. The maximum atomic E-state index is 4.49. The lowest BCUT2D eigenvalue weighted by Gasteiger charge is -2.11. The fourth-order valence-electron chi connectivity index (χ4n) is 2.38. The van der Waals surface area contributed by atoms with Crippen molar-refractivity contribution in [2.24, 2.45) is 5.92 Å². The number of hydrogen-bond donors (Lipinski definition) is 1. The van der Waals surface area contributed by atoms with Crippen molar-refractivity contribution >= 4 is 5.95 Å². The summed E-state index contributed by atoms with van der Waals surface area (Å²) in [5, 5.41) is 3.48. The molecule has 0 saturated heterocycles. The molecule has 1 aliphatic carbocycles. The van der Waals surface area contributed by atoms with Gasteiger partial charge >= 0.3 is 0 Å². The summed E-state index contributed by atoms with van der Waals surface area (Å²) < 4.78 is 2.18. The molecule has 0 spiro atoms. The quantitative estimate of drug-likeness (QED) is 0.822. The maximum absolute atomic E-state index is 4.49. The molecule has 0 atom stereocenters. The molecule has 1 aromatic rings. The number of rotatable bonds is 4. The van der Waals surface area contributed by atoms with E-state index in [4.69, 9.17) is 0 Å². The van der Waals surface area contributed by atoms with Crippen molar-refractivity contribution in [3.63, 3.8) is 0 Å². The molecule has 1 aliphatic rings. The van der Waals surface area contributed by atoms with Crippen LogP contribution in [-0.2, 0) is 6.54 Å². The molecule has 0 aromatic carbocycles. The second-order valence-electron chi connectivity index (χ2n) is 4.52. The van der Waals surface area contributed by atoms with E-state index in [1.807, 2.05) is 6.92 Å². The second kappa shape index (κ2) is 4.69. The lowest BCUT2D eigenvalue weighted by atomic mass is 10.1. The molecule has 15 heavy (non-hydrogen) atoms. The first kappa shape index (κ1) is 10.5. The van der Waals surface area contributed by atoms with Gasteiger partial charge in [0.15, 0.2) is 0 Å². The van der Waals surface area contributed by atoms with Gasteiger partial charge in [-0.1, -0.05) is 12.8 Å². The minimum Gasteiger partial charge on any atom is -0.355 e. The lowest BCUT2D eigenvalue weighted by Crippen LogP contribution is -2.14. The number of anilines is 1. The van der Waals surface area contributed by atoms with E-state index in [1.54, 1.807) is 0 Å². The summed E-state index contributed by atoms with van der Waals surface area (Å²) in [6.07, 6.45) is 7.70. The van der Waals surface area contributed by atoms with E-state index >= 15 is 0 Å². The van der Waals surface area contributed by atoms with Gasteiger partial charge in [0, 0.05) is 19.3 Å². The summed E-state index contributed by atoms with van der Waals surface area (Å²) >= 11 is 0. The molecule has 1 saturated carbocycles. The van der Waals surface area contributed by atoms with E-state index in [2.05, 4.69) is 28.0 Å². The van der Waals surface area contributed by atoms with Gasteiger partial charge in [-0.25, -0.2) is 4.98 Å². The van der Waals surface area contributed by atoms with Gasteiger partial charge in [-0.2, -0.15) is 0 Å². The van der Waals surface area contributed by atoms with Crippen LogP contribution in [0.1, 0.15) is 38.3 Å². The Kier molecular flexibility index (Phi) is 3.29. The van der Waals surface area contributed by atoms with E-state index in [1.165, 1.54) is 25.7 Å². The fourth-order valence-corrected chi connectivity index (χ4v) is 2.38. The Hall–Kier alpha value is -0.990. The predicted molar refractivity (Wildman–Crippen MR) is 63.1 cm³/mol. The molecule has 1 aromatic heterocycles. The van der Waals surface area contributed by atoms with Crippen molar-refractivity contribution in [3.8, 4) is 0 Å². The standard InChI is InChI=1S/C12H21N3/c1-3-15-9-10(2)14-12(15)13-8-11-6-4-5-7-11/h9,11H,3-8H2,1-2H3,(H,13,14). The first-order chi connectivity index (χ1) is 7.29. The monoisotopic (exact) mass is 207 g/mol. The Morgan fingerprint density at radius 3 is 2.87 bits per heavy atom. The van der Waals surface area contributed by atoms with Crippen LogP contribution in [0, 0.1) is 12.8 Å². The van der Waals surface area contributed by atoms with Crippen LogP contribution in [0.3, 0.4) is 0 Å². The Labute approximate surface area is 91.9 Å². The van der Waals surface area contributed by atoms with Gasteiger partial charge in [0.25, 0.3) is 0 Å². The Balaban J connectivity index is 1.91. The van der Waals surface area contributed by atoms with Crippen LogP contribution in [0.15, 0.2) is 6.20 Å². The number of imidazole rings is 1. The molecule has 3 nitrogen and oxygen atoms in total. The molecule has 3 heteroatoms. The summed E-state index contributed by atoms with van der Waals surface area (Å²) in [4.78, 5) is 4.49. The van der Waals surface area contributed by atoms with Crippen LogP contribution >= 0.6 is 0 Å². The van der Waals surface area contributed by atoms with Gasteiger partial charge in [-0.05, 0) is 32.6 Å². The summed E-state index contributed by atoms with van der Waals surface area (Å²) in [7, 11) is 0. The number of hydrogen-bond acceptors (Lipinski definition) is 2. The number of nitrogens with one attached hydrogen (secondary N) is 1. The number of aromatic nitrogens is 2. The molecule has 1 heterocycles. The Morgan fingerprint density at radius 1 is 1.47 bits per heavy atom. The average Bonchev–Trinajstić information content (AvgIpc) is 2.83. The van der Waals surface area contributed by atoms with Crippen molar-refractivity contribution in [3.05, 3.63) is 11.9 Å². The minimum atomic E-state index is 0.868. The summed E-state index contributed by atoms with van der Waals surface area (Å²) in [6.45, 7) is 6.29. The molecule has 1 fully saturated rings. The summed E-state index contributed by atoms with van der Waals surface area (Å²) in [6, 6.07) is 0. The largest absolute Gasteiger partial charge is 0.355 e. The number of nitrogens with zero attached hydrogens (tertiary/aromatic N) is 2. The lowest BCUT2D eigenvalue weighted by molar-refractivity contribution is 0.574. The van der Waals surface area contributed by atoms with E-state index in [9.17, 15) is 0 Å². The molecule has 2 rings (SSSR count). The molecule has 0 radical (unpaired) electrons. The molecule has 0 amide bonds. The van der Waals surface area contributed by atoms with E-state index in [0.717, 1.165) is 30.6 Å². The predicted octanol–water partition coefficient (Wildman–Crippen LogP) is 2.81. The van der Waals surface area contributed by atoms with Gasteiger partial charge in [-0.3, -0.25) is 0 Å². The highest BCUT2D eigenvalue weighted by atomic mass is 15.2. The highest BCUT2D eigenvalue weighted by molar-refractivity contribution is 5.28. The smallest absolute Gasteiger partial charge is 0.203 e. The van der Waals surface area contributed by atoms with E-state index in [-0.39, 0.29) is 0 Å². The van der Waals surface area contributed by atoms with Crippen LogP contribution in [-0.4, -0.2) is 16.1 Å². The summed E-state index contributed by atoms with van der Waals surface area (Å²) in [5.41, 5.74) is 1.10. The van der Waals surface area contributed by atoms with Crippen molar-refractivity contribution in [2.75, 3.05) is 11.9 Å². The van der Waals surface area contributed by atoms with Gasteiger partial charge in [-0.15, -0.1) is 0 Å². The molecule has 0 unspecified atom stereocenters. The van der Waals surface area contributed by atoms with Gasteiger partial charge in [0.1, 0.15) is 0 Å². The van der Waals surface area contributed by atoms with Crippen molar-refractivity contribution in [1.29, 1.82) is 0 Å². The molecule has 0 aliphatic heterocycles. The Bertz CT molecular complexity index is 311. The van der Waals surface area contributed by atoms with Crippen molar-refractivity contribution in [1.82, 2.24) is 9.55 Å². The van der Waals surface area contributed by atoms with Gasteiger partial charge in [0.2, 0.25) is 5.95 Å². The van der Waals surface area contributed by atoms with Gasteiger partial charge < -0.3 is 9.88 Å². The highest BCUT2D eigenvalue weighted by Crippen LogP contribution is 2.24. The van der Waals surface area contributed by atoms with Crippen LogP contribution in [0.25, 0.3) is 0 Å². The first-order valence-electron chi connectivity index (χ1n) is 6.07. The third-order valence-corrected chi connectivity index (χ3v) is 3.26. The zero-order chi connectivity index (χ0) is 10.7. The second-order valence-corrected chi connectivity index (χ2v) is 4.52. The summed E-state index contributed by atoms with van der Waals surface area (Å²) in [5.74, 6) is 1.91. The van der Waals surface area contributed by atoms with Crippen LogP contribution in [0.4, 0.5) is 5.95 Å². The molecular weight excluding hydrogens is 186 g/mol. The van der Waals surface area contributed by atoms with E-state index in [0.29, 0.717) is 0 Å². The van der Waals surface area contributed by atoms with E-state index < -0.39 is 0 Å². The fraction of sp³-hybridized carbons (Fsp3) is 0.750. The zero-order valence-electron chi connectivity index (χ0n) is 9.79. The Morgan fingerprint density at radius 2 is 2.20 bits per heavy atom. The molecular formula is C12H21N3. The normalized spacial score (nSPS) is 17.2. The first-order valence-corrected chi connectivity index (χ1v) is 6.07. The maximum Gasteiger partial charge on any atom is 0.203 e.